The highest BCUT2D eigenvalue weighted by Gasteiger charge is 2.36. The van der Waals surface area contributed by atoms with Crippen molar-refractivity contribution >= 4 is 37.8 Å². The summed E-state index contributed by atoms with van der Waals surface area (Å²) in [7, 11) is -4.02. The topological polar surface area (TPSA) is 86.7 Å². The molecule has 2 rings (SSSR count). The number of hydrogen-bond acceptors (Lipinski definition) is 3. The van der Waals surface area contributed by atoms with Crippen LogP contribution in [-0.4, -0.2) is 36.4 Å². The first-order valence-corrected chi connectivity index (χ1v) is 8.52. The Bertz CT molecular complexity index is 653. The maximum absolute atomic E-state index is 13.0. The van der Waals surface area contributed by atoms with Crippen LogP contribution in [0.15, 0.2) is 22.7 Å². The molecule has 116 valence electrons. The lowest BCUT2D eigenvalue weighted by atomic mass is 10.1. The van der Waals surface area contributed by atoms with Crippen LogP contribution in [0.25, 0.3) is 0 Å². The summed E-state index contributed by atoms with van der Waals surface area (Å²) >= 11 is 3.07. The van der Waals surface area contributed by atoms with Crippen LogP contribution in [0.1, 0.15) is 19.3 Å². The van der Waals surface area contributed by atoms with Crippen LogP contribution in [0, 0.1) is 5.82 Å². The number of nitrogens with one attached hydrogen (secondary N) is 1. The number of rotatable bonds is 4. The van der Waals surface area contributed by atoms with Crippen LogP contribution < -0.4 is 4.72 Å². The molecule has 0 aliphatic carbocycles. The molecule has 0 radical (unpaired) electrons. The van der Waals surface area contributed by atoms with Crippen molar-refractivity contribution in [3.8, 4) is 0 Å². The number of carboxylic acid groups (broad SMARTS) is 1. The fraction of sp³-hybridized carbons (Fsp3) is 0.417. The van der Waals surface area contributed by atoms with E-state index in [9.17, 15) is 17.6 Å². The van der Waals surface area contributed by atoms with E-state index in [1.807, 2.05) is 0 Å². The number of nitrogens with zero attached hydrogens (tertiary/aromatic N) is 1. The molecular formula is C12H14BrFN2O4S. The Balaban J connectivity index is 2.26. The van der Waals surface area contributed by atoms with Gasteiger partial charge in [0, 0.05) is 11.0 Å². The van der Waals surface area contributed by atoms with Crippen molar-refractivity contribution in [3.05, 3.63) is 28.5 Å². The molecular weight excluding hydrogens is 367 g/mol. The molecule has 0 saturated carbocycles. The van der Waals surface area contributed by atoms with Gasteiger partial charge in [-0.1, -0.05) is 0 Å². The standard InChI is InChI=1S/C12H14BrFN2O4S/c13-9-7-8(14)4-5-10(9)15-21(19,20)16-6-2-1-3-11(16)12(17)18/h4-5,7,11,15H,1-3,6H2,(H,17,18). The van der Waals surface area contributed by atoms with Crippen molar-refractivity contribution in [2.75, 3.05) is 11.3 Å². The van der Waals surface area contributed by atoms with Crippen molar-refractivity contribution in [1.82, 2.24) is 4.31 Å². The molecule has 0 amide bonds. The van der Waals surface area contributed by atoms with Crippen LogP contribution >= 0.6 is 15.9 Å². The maximum Gasteiger partial charge on any atom is 0.322 e. The van der Waals surface area contributed by atoms with Gasteiger partial charge in [-0.05, 0) is 53.4 Å². The van der Waals surface area contributed by atoms with Crippen molar-refractivity contribution < 1.29 is 22.7 Å². The van der Waals surface area contributed by atoms with E-state index in [1.54, 1.807) is 0 Å². The van der Waals surface area contributed by atoms with Gasteiger partial charge in [0.2, 0.25) is 0 Å². The highest BCUT2D eigenvalue weighted by atomic mass is 79.9. The zero-order valence-corrected chi connectivity index (χ0v) is 13.3. The van der Waals surface area contributed by atoms with Gasteiger partial charge in [0.05, 0.1) is 5.69 Å². The van der Waals surface area contributed by atoms with Crippen LogP contribution in [0.2, 0.25) is 0 Å². The molecule has 21 heavy (non-hydrogen) atoms. The van der Waals surface area contributed by atoms with Gasteiger partial charge in [0.1, 0.15) is 11.9 Å². The third-order valence-corrected chi connectivity index (χ3v) is 5.41. The lowest BCUT2D eigenvalue weighted by Gasteiger charge is -2.32. The van der Waals surface area contributed by atoms with Gasteiger partial charge in [-0.15, -0.1) is 0 Å². The summed E-state index contributed by atoms with van der Waals surface area (Å²) in [4.78, 5) is 11.2. The van der Waals surface area contributed by atoms with Crippen LogP contribution in [0.3, 0.4) is 0 Å². The molecule has 1 unspecified atom stereocenters. The quantitative estimate of drug-likeness (QED) is 0.837. The van der Waals surface area contributed by atoms with E-state index in [-0.39, 0.29) is 23.1 Å². The van der Waals surface area contributed by atoms with E-state index in [2.05, 4.69) is 20.7 Å². The SMILES string of the molecule is O=C(O)C1CCCCN1S(=O)(=O)Nc1ccc(F)cc1Br. The lowest BCUT2D eigenvalue weighted by Crippen LogP contribution is -2.49. The first-order chi connectivity index (χ1) is 9.81. The average molecular weight is 381 g/mol. The summed E-state index contributed by atoms with van der Waals surface area (Å²) in [5.41, 5.74) is 0.158. The molecule has 1 aromatic rings. The first-order valence-electron chi connectivity index (χ1n) is 6.29. The fourth-order valence-electron chi connectivity index (χ4n) is 2.21. The van der Waals surface area contributed by atoms with E-state index < -0.39 is 28.0 Å². The molecule has 6 nitrogen and oxygen atoms in total. The molecule has 1 aromatic carbocycles. The molecule has 1 saturated heterocycles. The fourth-order valence-corrected chi connectivity index (χ4v) is 4.26. The average Bonchev–Trinajstić information content (AvgIpc) is 2.42. The normalized spacial score (nSPS) is 20.2. The third kappa shape index (κ3) is 3.72. The summed E-state index contributed by atoms with van der Waals surface area (Å²) in [6.45, 7) is 0.144. The number of piperidine rings is 1. The number of carbonyl (C=O) groups is 1. The Morgan fingerprint density at radius 3 is 2.76 bits per heavy atom. The van der Waals surface area contributed by atoms with Gasteiger partial charge in [0.15, 0.2) is 0 Å². The molecule has 2 N–H and O–H groups in total. The van der Waals surface area contributed by atoms with Gasteiger partial charge in [-0.25, -0.2) is 4.39 Å². The van der Waals surface area contributed by atoms with Crippen molar-refractivity contribution in [2.24, 2.45) is 0 Å². The Hall–Kier alpha value is -1.19. The third-order valence-electron chi connectivity index (χ3n) is 3.22. The molecule has 0 bridgehead atoms. The van der Waals surface area contributed by atoms with Gasteiger partial charge in [0.25, 0.3) is 0 Å². The molecule has 0 spiro atoms. The molecule has 1 aliphatic heterocycles. The minimum Gasteiger partial charge on any atom is -0.480 e. The largest absolute Gasteiger partial charge is 0.480 e. The molecule has 0 aromatic heterocycles. The molecule has 9 heteroatoms. The van der Waals surface area contributed by atoms with Crippen LogP contribution in [0.4, 0.5) is 10.1 Å². The predicted molar refractivity (Wildman–Crippen MR) is 78.6 cm³/mol. The number of benzene rings is 1. The summed E-state index contributed by atoms with van der Waals surface area (Å²) in [5, 5.41) is 9.14. The number of carboxylic acids is 1. The van der Waals surface area contributed by atoms with Gasteiger partial charge < -0.3 is 5.11 Å². The Morgan fingerprint density at radius 2 is 2.14 bits per heavy atom. The van der Waals surface area contributed by atoms with Crippen molar-refractivity contribution in [3.63, 3.8) is 0 Å². The molecule has 1 heterocycles. The second-order valence-corrected chi connectivity index (χ2v) is 7.17. The van der Waals surface area contributed by atoms with Crippen LogP contribution in [-0.2, 0) is 15.0 Å². The molecule has 1 aliphatic rings. The van der Waals surface area contributed by atoms with E-state index in [4.69, 9.17) is 5.11 Å². The highest BCUT2D eigenvalue weighted by molar-refractivity contribution is 9.10. The monoisotopic (exact) mass is 380 g/mol. The number of anilines is 1. The summed E-state index contributed by atoms with van der Waals surface area (Å²) in [6, 6.07) is 2.45. The zero-order valence-electron chi connectivity index (χ0n) is 10.9. The van der Waals surface area contributed by atoms with E-state index in [0.29, 0.717) is 12.8 Å². The second-order valence-electron chi connectivity index (χ2n) is 4.69. The minimum atomic E-state index is -4.02. The second kappa shape index (κ2) is 6.29. The van der Waals surface area contributed by atoms with Gasteiger partial charge in [-0.2, -0.15) is 12.7 Å². The lowest BCUT2D eigenvalue weighted by molar-refractivity contribution is -0.142. The first kappa shape index (κ1) is 16.2. The minimum absolute atomic E-state index is 0.144. The number of hydrogen-bond donors (Lipinski definition) is 2. The van der Waals surface area contributed by atoms with E-state index in [0.717, 1.165) is 16.4 Å². The smallest absolute Gasteiger partial charge is 0.322 e. The summed E-state index contributed by atoms with van der Waals surface area (Å²) in [5.74, 6) is -1.68. The Morgan fingerprint density at radius 1 is 1.43 bits per heavy atom. The maximum atomic E-state index is 13.0. The number of halogens is 2. The van der Waals surface area contributed by atoms with Crippen molar-refractivity contribution in [1.29, 1.82) is 0 Å². The van der Waals surface area contributed by atoms with Gasteiger partial charge >= 0.3 is 16.2 Å². The Labute approximate surface area is 130 Å². The zero-order chi connectivity index (χ0) is 15.6. The Kier molecular flexibility index (Phi) is 4.84. The van der Waals surface area contributed by atoms with Gasteiger partial charge in [-0.3, -0.25) is 9.52 Å². The van der Waals surface area contributed by atoms with E-state index >= 15 is 0 Å². The molecule has 1 atom stereocenters. The van der Waals surface area contributed by atoms with Crippen molar-refractivity contribution in [2.45, 2.75) is 25.3 Å². The van der Waals surface area contributed by atoms with E-state index in [1.165, 1.54) is 6.07 Å². The number of aliphatic carboxylic acids is 1. The predicted octanol–water partition coefficient (Wildman–Crippen LogP) is 2.18. The summed E-state index contributed by atoms with van der Waals surface area (Å²) in [6.07, 6.45) is 1.55. The molecule has 1 fully saturated rings. The highest BCUT2D eigenvalue weighted by Crippen LogP contribution is 2.27. The van der Waals surface area contributed by atoms with Crippen LogP contribution in [0.5, 0.6) is 0 Å². The summed E-state index contributed by atoms with van der Waals surface area (Å²) < 4.78 is 41.2.